The van der Waals surface area contributed by atoms with Crippen LogP contribution < -0.4 is 0 Å². The van der Waals surface area contributed by atoms with Gasteiger partial charge in [0.25, 0.3) is 0 Å². The average Bonchev–Trinajstić information content (AvgIpc) is 2.87. The summed E-state index contributed by atoms with van der Waals surface area (Å²) in [7, 11) is 1.30. The van der Waals surface area contributed by atoms with Crippen molar-refractivity contribution in [3.8, 4) is 0 Å². The van der Waals surface area contributed by atoms with Crippen molar-refractivity contribution < 1.29 is 24.2 Å². The fraction of sp³-hybridized carbons (Fsp3) is 0.857. The topological polar surface area (TPSA) is 76.1 Å². The first-order chi connectivity index (χ1) is 9.61. The molecule has 0 radical (unpaired) electrons. The smallest absolute Gasteiger partial charge is 0.328 e. The quantitative estimate of drug-likeness (QED) is 0.760. The van der Waals surface area contributed by atoms with Crippen LogP contribution in [0, 0.1) is 0 Å². The molecule has 20 heavy (non-hydrogen) atoms. The maximum absolute atomic E-state index is 12.2. The van der Waals surface area contributed by atoms with Gasteiger partial charge < -0.3 is 19.5 Å². The van der Waals surface area contributed by atoms with Gasteiger partial charge in [-0.2, -0.15) is 0 Å². The molecule has 114 valence electrons. The Morgan fingerprint density at radius 2 is 2.20 bits per heavy atom. The van der Waals surface area contributed by atoms with E-state index in [0.29, 0.717) is 12.8 Å². The molecule has 3 atom stereocenters. The van der Waals surface area contributed by atoms with Crippen molar-refractivity contribution in [3.63, 3.8) is 0 Å². The Morgan fingerprint density at radius 3 is 2.85 bits per heavy atom. The van der Waals surface area contributed by atoms with Crippen LogP contribution in [-0.2, 0) is 19.1 Å². The third-order valence-electron chi connectivity index (χ3n) is 4.03. The molecule has 1 N–H and O–H groups in total. The Balaban J connectivity index is 1.85. The number of aliphatic hydroxyl groups excluding tert-OH is 1. The van der Waals surface area contributed by atoms with Crippen LogP contribution in [0.15, 0.2) is 0 Å². The first-order valence-electron chi connectivity index (χ1n) is 7.28. The predicted molar refractivity (Wildman–Crippen MR) is 71.0 cm³/mol. The van der Waals surface area contributed by atoms with E-state index in [-0.39, 0.29) is 25.0 Å². The van der Waals surface area contributed by atoms with Crippen LogP contribution in [-0.4, -0.2) is 60.4 Å². The number of likely N-dealkylation sites (tertiary alicyclic amines) is 1. The van der Waals surface area contributed by atoms with Gasteiger partial charge in [-0.25, -0.2) is 4.79 Å². The van der Waals surface area contributed by atoms with E-state index in [9.17, 15) is 14.7 Å². The maximum Gasteiger partial charge on any atom is 0.328 e. The van der Waals surface area contributed by atoms with Crippen molar-refractivity contribution in [2.24, 2.45) is 0 Å². The minimum absolute atomic E-state index is 0.105. The third-order valence-corrected chi connectivity index (χ3v) is 4.03. The molecule has 3 unspecified atom stereocenters. The number of hydrogen-bond acceptors (Lipinski definition) is 5. The molecule has 2 aliphatic rings. The minimum Gasteiger partial charge on any atom is -0.467 e. The summed E-state index contributed by atoms with van der Waals surface area (Å²) in [5.74, 6) is -0.560. The lowest BCUT2D eigenvalue weighted by Gasteiger charge is -2.25. The second-order valence-electron chi connectivity index (χ2n) is 5.50. The third kappa shape index (κ3) is 3.70. The molecule has 1 amide bonds. The number of rotatable bonds is 4. The highest BCUT2D eigenvalue weighted by atomic mass is 16.5. The summed E-state index contributed by atoms with van der Waals surface area (Å²) in [6, 6.07) is -0.644. The Hall–Kier alpha value is -1.14. The Bertz CT molecular complexity index is 353. The zero-order valence-electron chi connectivity index (χ0n) is 11.9. The molecule has 0 bridgehead atoms. The maximum atomic E-state index is 12.2. The van der Waals surface area contributed by atoms with E-state index in [4.69, 9.17) is 4.74 Å². The van der Waals surface area contributed by atoms with Crippen LogP contribution in [0.3, 0.4) is 0 Å². The first kappa shape index (κ1) is 15.3. The van der Waals surface area contributed by atoms with Crippen molar-refractivity contribution >= 4 is 11.9 Å². The molecular formula is C14H23NO5. The second kappa shape index (κ2) is 7.04. The molecule has 0 aromatic carbocycles. The number of nitrogens with zero attached hydrogens (tertiary/aromatic N) is 1. The lowest BCUT2D eigenvalue weighted by atomic mass is 10.0. The summed E-state index contributed by atoms with van der Waals surface area (Å²) in [6.07, 6.45) is 4.03. The second-order valence-corrected chi connectivity index (χ2v) is 5.50. The van der Waals surface area contributed by atoms with E-state index in [1.807, 2.05) is 0 Å². The van der Waals surface area contributed by atoms with Gasteiger partial charge >= 0.3 is 5.97 Å². The number of esters is 1. The monoisotopic (exact) mass is 285 g/mol. The fourth-order valence-electron chi connectivity index (χ4n) is 2.91. The summed E-state index contributed by atoms with van der Waals surface area (Å²) < 4.78 is 10.3. The van der Waals surface area contributed by atoms with Crippen LogP contribution in [0.25, 0.3) is 0 Å². The minimum atomic E-state index is -0.644. The highest BCUT2D eigenvalue weighted by Gasteiger charge is 2.39. The zero-order chi connectivity index (χ0) is 14.5. The van der Waals surface area contributed by atoms with Gasteiger partial charge in [-0.1, -0.05) is 0 Å². The van der Waals surface area contributed by atoms with Gasteiger partial charge in [0.15, 0.2) is 0 Å². The van der Waals surface area contributed by atoms with Crippen molar-refractivity contribution in [2.45, 2.75) is 56.8 Å². The predicted octanol–water partition coefficient (Wildman–Crippen LogP) is 0.470. The van der Waals surface area contributed by atoms with Crippen molar-refractivity contribution in [1.29, 1.82) is 0 Å². The zero-order valence-corrected chi connectivity index (χ0v) is 11.9. The molecule has 2 aliphatic heterocycles. The van der Waals surface area contributed by atoms with Crippen molar-refractivity contribution in [2.75, 3.05) is 20.3 Å². The van der Waals surface area contributed by atoms with Crippen LogP contribution in [0.4, 0.5) is 0 Å². The summed E-state index contributed by atoms with van der Waals surface area (Å²) in [5.41, 5.74) is 0. The molecule has 0 aliphatic carbocycles. The molecule has 0 saturated carbocycles. The summed E-state index contributed by atoms with van der Waals surface area (Å²) in [5, 5.41) is 9.65. The number of β-amino-alcohol motifs (C(OH)–C–C–N with tert-alkyl or cyclic N) is 1. The summed E-state index contributed by atoms with van der Waals surface area (Å²) >= 11 is 0. The number of ether oxygens (including phenoxy) is 2. The summed E-state index contributed by atoms with van der Waals surface area (Å²) in [6.45, 7) is 0.982. The van der Waals surface area contributed by atoms with Crippen LogP contribution >= 0.6 is 0 Å². The van der Waals surface area contributed by atoms with E-state index in [1.54, 1.807) is 0 Å². The SMILES string of the molecule is COC(=O)C1CC(O)CN1C(=O)CCC1CCCCO1. The van der Waals surface area contributed by atoms with E-state index in [0.717, 1.165) is 25.9 Å². The van der Waals surface area contributed by atoms with E-state index in [2.05, 4.69) is 4.74 Å². The fourth-order valence-corrected chi connectivity index (χ4v) is 2.91. The molecule has 6 heteroatoms. The van der Waals surface area contributed by atoms with Gasteiger partial charge in [-0.3, -0.25) is 4.79 Å². The number of aliphatic hydroxyl groups is 1. The lowest BCUT2D eigenvalue weighted by Crippen LogP contribution is -2.41. The molecule has 6 nitrogen and oxygen atoms in total. The molecule has 2 saturated heterocycles. The Labute approximate surface area is 119 Å². The first-order valence-corrected chi connectivity index (χ1v) is 7.28. The number of carbonyl (C=O) groups is 2. The molecule has 0 aromatic rings. The van der Waals surface area contributed by atoms with Crippen LogP contribution in [0.2, 0.25) is 0 Å². The molecule has 2 fully saturated rings. The normalized spacial score (nSPS) is 30.3. The average molecular weight is 285 g/mol. The Kier molecular flexibility index (Phi) is 5.37. The summed E-state index contributed by atoms with van der Waals surface area (Å²) in [4.78, 5) is 25.3. The van der Waals surface area contributed by atoms with E-state index < -0.39 is 18.1 Å². The lowest BCUT2D eigenvalue weighted by molar-refractivity contribution is -0.151. The number of hydrogen-bond donors (Lipinski definition) is 1. The number of carbonyl (C=O) groups excluding carboxylic acids is 2. The van der Waals surface area contributed by atoms with Crippen LogP contribution in [0.1, 0.15) is 38.5 Å². The van der Waals surface area contributed by atoms with Crippen molar-refractivity contribution in [1.82, 2.24) is 4.90 Å². The highest BCUT2D eigenvalue weighted by molar-refractivity contribution is 5.85. The van der Waals surface area contributed by atoms with Gasteiger partial charge in [0.2, 0.25) is 5.91 Å². The van der Waals surface area contributed by atoms with Crippen molar-refractivity contribution in [3.05, 3.63) is 0 Å². The van der Waals surface area contributed by atoms with Gasteiger partial charge in [0, 0.05) is 26.0 Å². The van der Waals surface area contributed by atoms with Gasteiger partial charge in [-0.05, 0) is 25.7 Å². The molecular weight excluding hydrogens is 262 g/mol. The molecule has 2 rings (SSSR count). The number of amides is 1. The molecule has 0 aromatic heterocycles. The molecule has 0 spiro atoms. The van der Waals surface area contributed by atoms with Gasteiger partial charge in [0.1, 0.15) is 6.04 Å². The highest BCUT2D eigenvalue weighted by Crippen LogP contribution is 2.22. The van der Waals surface area contributed by atoms with Gasteiger partial charge in [-0.15, -0.1) is 0 Å². The number of methoxy groups -OCH3 is 1. The Morgan fingerprint density at radius 1 is 1.40 bits per heavy atom. The van der Waals surface area contributed by atoms with Crippen LogP contribution in [0.5, 0.6) is 0 Å². The van der Waals surface area contributed by atoms with Gasteiger partial charge in [0.05, 0.1) is 19.3 Å². The largest absolute Gasteiger partial charge is 0.467 e. The van der Waals surface area contributed by atoms with E-state index >= 15 is 0 Å². The standard InChI is InChI=1S/C14H23NO5/c1-19-14(18)12-8-10(16)9-15(12)13(17)6-5-11-4-2-3-7-20-11/h10-12,16H,2-9H2,1H3. The van der Waals surface area contributed by atoms with E-state index in [1.165, 1.54) is 12.0 Å². The molecule has 2 heterocycles.